The molecule has 6 heteroatoms. The SMILES string of the molecule is O=C(C=Cc1ccc(Cl)c(Cl)c1)Nc1ccc(F)cc1F. The molecule has 108 valence electrons. The minimum atomic E-state index is -0.841. The van der Waals surface area contributed by atoms with Gasteiger partial charge in [0.25, 0.3) is 0 Å². The van der Waals surface area contributed by atoms with E-state index in [1.807, 2.05) is 0 Å². The summed E-state index contributed by atoms with van der Waals surface area (Å²) in [5.74, 6) is -2.10. The van der Waals surface area contributed by atoms with Gasteiger partial charge in [0.2, 0.25) is 5.91 Å². The Morgan fingerprint density at radius 1 is 1.05 bits per heavy atom. The maximum Gasteiger partial charge on any atom is 0.248 e. The fraction of sp³-hybridized carbons (Fsp3) is 0. The number of hydrogen-bond acceptors (Lipinski definition) is 1. The minimum Gasteiger partial charge on any atom is -0.320 e. The second-order valence-corrected chi connectivity index (χ2v) is 4.93. The lowest BCUT2D eigenvalue weighted by Gasteiger charge is -2.03. The van der Waals surface area contributed by atoms with Gasteiger partial charge in [-0.25, -0.2) is 8.78 Å². The average Bonchev–Trinajstić information content (AvgIpc) is 2.43. The van der Waals surface area contributed by atoms with Gasteiger partial charge < -0.3 is 5.32 Å². The third-order valence-corrected chi connectivity index (χ3v) is 3.30. The minimum absolute atomic E-state index is 0.0970. The van der Waals surface area contributed by atoms with Gasteiger partial charge in [-0.2, -0.15) is 0 Å². The van der Waals surface area contributed by atoms with E-state index in [4.69, 9.17) is 23.2 Å². The quantitative estimate of drug-likeness (QED) is 0.796. The Bertz CT molecular complexity index is 717. The molecule has 0 radical (unpaired) electrons. The zero-order chi connectivity index (χ0) is 15.4. The van der Waals surface area contributed by atoms with E-state index >= 15 is 0 Å². The molecule has 0 atom stereocenters. The van der Waals surface area contributed by atoms with Gasteiger partial charge in [-0.3, -0.25) is 4.79 Å². The number of amides is 1. The molecule has 0 unspecified atom stereocenters. The predicted molar refractivity (Wildman–Crippen MR) is 80.5 cm³/mol. The first-order valence-electron chi connectivity index (χ1n) is 5.85. The van der Waals surface area contributed by atoms with E-state index in [-0.39, 0.29) is 5.69 Å². The monoisotopic (exact) mass is 327 g/mol. The normalized spacial score (nSPS) is 10.9. The van der Waals surface area contributed by atoms with Crippen LogP contribution in [0.4, 0.5) is 14.5 Å². The summed E-state index contributed by atoms with van der Waals surface area (Å²) in [6, 6.07) is 7.76. The summed E-state index contributed by atoms with van der Waals surface area (Å²) in [5, 5.41) is 3.08. The van der Waals surface area contributed by atoms with Crippen LogP contribution in [-0.4, -0.2) is 5.91 Å². The van der Waals surface area contributed by atoms with Gasteiger partial charge in [0.15, 0.2) is 0 Å². The summed E-state index contributed by atoms with van der Waals surface area (Å²) in [5.41, 5.74) is 0.569. The summed E-state index contributed by atoms with van der Waals surface area (Å²) in [4.78, 5) is 11.7. The molecule has 0 aromatic heterocycles. The van der Waals surface area contributed by atoms with Crippen molar-refractivity contribution in [3.8, 4) is 0 Å². The highest BCUT2D eigenvalue weighted by Gasteiger charge is 2.05. The summed E-state index contributed by atoms with van der Waals surface area (Å²) >= 11 is 11.6. The lowest BCUT2D eigenvalue weighted by atomic mass is 10.2. The summed E-state index contributed by atoms with van der Waals surface area (Å²) < 4.78 is 26.1. The highest BCUT2D eigenvalue weighted by atomic mass is 35.5. The van der Waals surface area contributed by atoms with Crippen molar-refractivity contribution < 1.29 is 13.6 Å². The third-order valence-electron chi connectivity index (χ3n) is 2.56. The number of benzene rings is 2. The Balaban J connectivity index is 2.07. The molecule has 2 rings (SSSR count). The molecular formula is C15H9Cl2F2NO. The topological polar surface area (TPSA) is 29.1 Å². The van der Waals surface area contributed by atoms with Crippen molar-refractivity contribution in [1.82, 2.24) is 0 Å². The number of carbonyl (C=O) groups excluding carboxylic acids is 1. The summed E-state index contributed by atoms with van der Waals surface area (Å²) in [6.45, 7) is 0. The van der Waals surface area contributed by atoms with Crippen molar-refractivity contribution in [1.29, 1.82) is 0 Å². The van der Waals surface area contributed by atoms with E-state index in [1.165, 1.54) is 12.2 Å². The fourth-order valence-corrected chi connectivity index (χ4v) is 1.86. The molecule has 0 bridgehead atoms. The molecule has 0 saturated carbocycles. The van der Waals surface area contributed by atoms with Crippen LogP contribution in [0.1, 0.15) is 5.56 Å². The van der Waals surface area contributed by atoms with Crippen molar-refractivity contribution in [3.05, 3.63) is 69.7 Å². The van der Waals surface area contributed by atoms with Gasteiger partial charge in [0.1, 0.15) is 11.6 Å². The van der Waals surface area contributed by atoms with E-state index in [0.717, 1.165) is 12.1 Å². The molecule has 2 aromatic carbocycles. The largest absolute Gasteiger partial charge is 0.320 e. The third kappa shape index (κ3) is 4.28. The van der Waals surface area contributed by atoms with Crippen LogP contribution in [0.2, 0.25) is 10.0 Å². The van der Waals surface area contributed by atoms with Crippen molar-refractivity contribution in [3.63, 3.8) is 0 Å². The Morgan fingerprint density at radius 2 is 1.81 bits per heavy atom. The van der Waals surface area contributed by atoms with Crippen molar-refractivity contribution in [2.75, 3.05) is 5.32 Å². The maximum atomic E-state index is 13.4. The van der Waals surface area contributed by atoms with Gasteiger partial charge in [0, 0.05) is 12.1 Å². The molecule has 0 fully saturated rings. The molecule has 0 aliphatic rings. The molecule has 0 saturated heterocycles. The van der Waals surface area contributed by atoms with Crippen LogP contribution in [0.5, 0.6) is 0 Å². The van der Waals surface area contributed by atoms with E-state index in [2.05, 4.69) is 5.32 Å². The predicted octanol–water partition coefficient (Wildman–Crippen LogP) is 4.92. The first-order chi connectivity index (χ1) is 9.95. The molecular weight excluding hydrogens is 319 g/mol. The number of carbonyl (C=O) groups is 1. The summed E-state index contributed by atoms with van der Waals surface area (Å²) in [6.07, 6.45) is 2.71. The second-order valence-electron chi connectivity index (χ2n) is 4.12. The highest BCUT2D eigenvalue weighted by Crippen LogP contribution is 2.23. The van der Waals surface area contributed by atoms with Gasteiger partial charge in [-0.15, -0.1) is 0 Å². The summed E-state index contributed by atoms with van der Waals surface area (Å²) in [7, 11) is 0. The van der Waals surface area contributed by atoms with Crippen LogP contribution < -0.4 is 5.32 Å². The standard InChI is InChI=1S/C15H9Cl2F2NO/c16-11-4-1-9(7-12(11)17)2-6-15(21)20-14-5-3-10(18)8-13(14)19/h1-8H,(H,20,21). The molecule has 1 amide bonds. The smallest absolute Gasteiger partial charge is 0.248 e. The van der Waals surface area contributed by atoms with Gasteiger partial charge in [-0.05, 0) is 35.9 Å². The van der Waals surface area contributed by atoms with Gasteiger partial charge >= 0.3 is 0 Å². The maximum absolute atomic E-state index is 13.4. The number of hydrogen-bond donors (Lipinski definition) is 1. The molecule has 0 aliphatic carbocycles. The van der Waals surface area contributed by atoms with E-state index in [9.17, 15) is 13.6 Å². The number of halogens is 4. The van der Waals surface area contributed by atoms with Crippen LogP contribution in [0, 0.1) is 11.6 Å². The van der Waals surface area contributed by atoms with Gasteiger partial charge in [0.05, 0.1) is 15.7 Å². The zero-order valence-electron chi connectivity index (χ0n) is 10.5. The first-order valence-corrected chi connectivity index (χ1v) is 6.60. The average molecular weight is 328 g/mol. The molecule has 2 nitrogen and oxygen atoms in total. The van der Waals surface area contributed by atoms with Crippen molar-refractivity contribution in [2.24, 2.45) is 0 Å². The fourth-order valence-electron chi connectivity index (χ4n) is 1.55. The Hall–Kier alpha value is -1.91. The van der Waals surface area contributed by atoms with Crippen LogP contribution >= 0.6 is 23.2 Å². The van der Waals surface area contributed by atoms with Crippen LogP contribution in [0.3, 0.4) is 0 Å². The molecule has 1 N–H and O–H groups in total. The first kappa shape index (κ1) is 15.5. The van der Waals surface area contributed by atoms with Gasteiger partial charge in [-0.1, -0.05) is 29.3 Å². The molecule has 0 spiro atoms. The lowest BCUT2D eigenvalue weighted by Crippen LogP contribution is -2.09. The van der Waals surface area contributed by atoms with Crippen molar-refractivity contribution in [2.45, 2.75) is 0 Å². The lowest BCUT2D eigenvalue weighted by molar-refractivity contribution is -0.111. The molecule has 21 heavy (non-hydrogen) atoms. The van der Waals surface area contributed by atoms with Crippen LogP contribution in [0.25, 0.3) is 6.08 Å². The second kappa shape index (κ2) is 6.70. The number of nitrogens with one attached hydrogen (secondary N) is 1. The highest BCUT2D eigenvalue weighted by molar-refractivity contribution is 6.42. The molecule has 0 heterocycles. The number of anilines is 1. The van der Waals surface area contributed by atoms with E-state index in [0.29, 0.717) is 21.7 Å². The Labute approximate surface area is 130 Å². The van der Waals surface area contributed by atoms with Crippen molar-refractivity contribution >= 4 is 40.9 Å². The Kier molecular flexibility index (Phi) is 4.94. The van der Waals surface area contributed by atoms with E-state index < -0.39 is 17.5 Å². The zero-order valence-corrected chi connectivity index (χ0v) is 12.1. The molecule has 2 aromatic rings. The molecule has 0 aliphatic heterocycles. The Morgan fingerprint density at radius 3 is 2.48 bits per heavy atom. The van der Waals surface area contributed by atoms with Crippen LogP contribution in [0.15, 0.2) is 42.5 Å². The van der Waals surface area contributed by atoms with E-state index in [1.54, 1.807) is 18.2 Å². The number of rotatable bonds is 3. The van der Waals surface area contributed by atoms with Crippen LogP contribution in [-0.2, 0) is 4.79 Å².